The van der Waals surface area contributed by atoms with Crippen LogP contribution in [0.2, 0.25) is 0 Å². The zero-order chi connectivity index (χ0) is 23.5. The van der Waals surface area contributed by atoms with Crippen molar-refractivity contribution in [3.8, 4) is 0 Å². The van der Waals surface area contributed by atoms with Gasteiger partial charge in [-0.05, 0) is 18.4 Å². The van der Waals surface area contributed by atoms with E-state index in [0.29, 0.717) is 19.5 Å². The number of nitrogens with two attached hydrogens (primary N) is 1. The van der Waals surface area contributed by atoms with Gasteiger partial charge in [-0.15, -0.1) is 17.9 Å². The number of thiazole rings is 1. The Kier molecular flexibility index (Phi) is 9.71. The topological polar surface area (TPSA) is 101 Å². The number of nitrogens with zero attached hydrogens (tertiary/aromatic N) is 3. The first kappa shape index (κ1) is 24.7. The molecule has 8 nitrogen and oxygen atoms in total. The first-order chi connectivity index (χ1) is 16.1. The summed E-state index contributed by atoms with van der Waals surface area (Å²) >= 11 is 1.60. The van der Waals surface area contributed by atoms with E-state index in [1.165, 1.54) is 0 Å². The Morgan fingerprint density at radius 2 is 1.91 bits per heavy atom. The molecule has 1 aromatic carbocycles. The molecule has 0 spiro atoms. The third-order valence-corrected chi connectivity index (χ3v) is 6.50. The molecule has 3 N–H and O–H groups in total. The number of carbonyl (C=O) groups is 2. The highest BCUT2D eigenvalue weighted by molar-refractivity contribution is 7.13. The molecule has 1 fully saturated rings. The zero-order valence-corrected chi connectivity index (χ0v) is 19.7. The highest BCUT2D eigenvalue weighted by Gasteiger charge is 2.29. The number of carbonyl (C=O) groups excluding carboxylic acids is 2. The molecule has 0 radical (unpaired) electrons. The van der Waals surface area contributed by atoms with Crippen LogP contribution in [0.5, 0.6) is 0 Å². The van der Waals surface area contributed by atoms with Crippen LogP contribution in [-0.2, 0) is 16.1 Å². The van der Waals surface area contributed by atoms with Gasteiger partial charge in [0, 0.05) is 43.8 Å². The molecule has 33 heavy (non-hydrogen) atoms. The van der Waals surface area contributed by atoms with Gasteiger partial charge in [0.1, 0.15) is 12.6 Å². The summed E-state index contributed by atoms with van der Waals surface area (Å²) in [6, 6.07) is 8.79. The minimum atomic E-state index is -0.625. The average Bonchev–Trinajstić information content (AvgIpc) is 3.40. The fourth-order valence-corrected chi connectivity index (χ4v) is 4.42. The summed E-state index contributed by atoms with van der Waals surface area (Å²) in [5.41, 5.74) is 6.80. The number of ether oxygens (including phenoxy) is 1. The second-order valence-corrected chi connectivity index (χ2v) is 8.94. The number of aromatic nitrogens is 1. The van der Waals surface area contributed by atoms with Gasteiger partial charge >= 0.3 is 6.09 Å². The lowest BCUT2D eigenvalue weighted by Gasteiger charge is -2.36. The summed E-state index contributed by atoms with van der Waals surface area (Å²) in [7, 11) is 0. The molecule has 2 aromatic rings. The Bertz CT molecular complexity index is 869. The van der Waals surface area contributed by atoms with E-state index in [9.17, 15) is 9.59 Å². The lowest BCUT2D eigenvalue weighted by atomic mass is 10.0. The highest BCUT2D eigenvalue weighted by atomic mass is 32.1. The first-order valence-electron chi connectivity index (χ1n) is 11.4. The average molecular weight is 472 g/mol. The lowest BCUT2D eigenvalue weighted by molar-refractivity contribution is -0.133. The van der Waals surface area contributed by atoms with Crippen molar-refractivity contribution >= 4 is 28.5 Å². The van der Waals surface area contributed by atoms with Gasteiger partial charge in [0.05, 0.1) is 0 Å². The third kappa shape index (κ3) is 7.87. The Morgan fingerprint density at radius 3 is 2.58 bits per heavy atom. The standard InChI is InChI=1S/C24H33N5O3S/c1-2-20(25)10-6-7-11-21(27-24(31)32-18-19-8-4-3-5-9-19)22(30)28-13-15-29(16-14-28)23-26-12-17-33-23/h2-5,8-9,12,17,20-21H,1,6-7,10-11,13-16,18,25H2,(H,27,31)/t20?,21-/m0/s1. The van der Waals surface area contributed by atoms with Crippen LogP contribution in [-0.4, -0.2) is 60.1 Å². The van der Waals surface area contributed by atoms with Crippen LogP contribution in [0.4, 0.5) is 9.93 Å². The Hall–Kier alpha value is -2.91. The molecule has 2 atom stereocenters. The van der Waals surface area contributed by atoms with Gasteiger partial charge in [0.15, 0.2) is 5.13 Å². The van der Waals surface area contributed by atoms with Crippen molar-refractivity contribution in [1.29, 1.82) is 0 Å². The molecule has 9 heteroatoms. The van der Waals surface area contributed by atoms with Crippen molar-refractivity contribution in [2.75, 3.05) is 31.1 Å². The van der Waals surface area contributed by atoms with Crippen molar-refractivity contribution in [2.24, 2.45) is 5.73 Å². The fraction of sp³-hybridized carbons (Fsp3) is 0.458. The summed E-state index contributed by atoms with van der Waals surface area (Å²) in [6.45, 7) is 6.50. The van der Waals surface area contributed by atoms with E-state index in [2.05, 4.69) is 21.8 Å². The molecule has 0 bridgehead atoms. The second-order valence-electron chi connectivity index (χ2n) is 8.07. The van der Waals surface area contributed by atoms with Gasteiger partial charge in [-0.2, -0.15) is 0 Å². The summed E-state index contributed by atoms with van der Waals surface area (Å²) in [5, 5.41) is 5.72. The van der Waals surface area contributed by atoms with E-state index in [0.717, 1.165) is 43.0 Å². The maximum atomic E-state index is 13.3. The van der Waals surface area contributed by atoms with E-state index >= 15 is 0 Å². The molecule has 1 aliphatic heterocycles. The van der Waals surface area contributed by atoms with E-state index in [1.54, 1.807) is 23.6 Å². The van der Waals surface area contributed by atoms with Gasteiger partial charge in [0.25, 0.3) is 0 Å². The molecule has 3 rings (SSSR count). The van der Waals surface area contributed by atoms with Gasteiger partial charge < -0.3 is 25.6 Å². The van der Waals surface area contributed by atoms with Crippen molar-refractivity contribution in [2.45, 2.75) is 44.4 Å². The number of unbranched alkanes of at least 4 members (excludes halogenated alkanes) is 1. The number of rotatable bonds is 11. The third-order valence-electron chi connectivity index (χ3n) is 5.67. The van der Waals surface area contributed by atoms with Crippen LogP contribution in [0.1, 0.15) is 31.2 Å². The molecular weight excluding hydrogens is 438 g/mol. The van der Waals surface area contributed by atoms with E-state index in [4.69, 9.17) is 10.5 Å². The normalized spacial score (nSPS) is 15.5. The Morgan fingerprint density at radius 1 is 1.18 bits per heavy atom. The monoisotopic (exact) mass is 471 g/mol. The Labute approximate surface area is 199 Å². The largest absolute Gasteiger partial charge is 0.445 e. The van der Waals surface area contributed by atoms with Crippen LogP contribution in [0.15, 0.2) is 54.6 Å². The predicted octanol–water partition coefficient (Wildman–Crippen LogP) is 3.16. The van der Waals surface area contributed by atoms with Crippen LogP contribution in [0, 0.1) is 0 Å². The number of hydrogen-bond donors (Lipinski definition) is 2. The second kappa shape index (κ2) is 13.0. The molecule has 1 aromatic heterocycles. The summed E-state index contributed by atoms with van der Waals surface area (Å²) in [6.07, 6.45) is 5.90. The molecule has 2 amide bonds. The van der Waals surface area contributed by atoms with Gasteiger partial charge in [-0.25, -0.2) is 9.78 Å². The smallest absolute Gasteiger partial charge is 0.408 e. The van der Waals surface area contributed by atoms with Gasteiger partial charge in [-0.1, -0.05) is 49.2 Å². The van der Waals surface area contributed by atoms with Crippen molar-refractivity contribution < 1.29 is 14.3 Å². The number of nitrogens with one attached hydrogen (secondary N) is 1. The van der Waals surface area contributed by atoms with Crippen LogP contribution < -0.4 is 16.0 Å². The van der Waals surface area contributed by atoms with E-state index in [1.807, 2.05) is 40.6 Å². The lowest BCUT2D eigenvalue weighted by Crippen LogP contribution is -2.55. The minimum Gasteiger partial charge on any atom is -0.445 e. The van der Waals surface area contributed by atoms with E-state index < -0.39 is 12.1 Å². The number of alkyl carbamates (subject to hydrolysis) is 1. The number of hydrogen-bond acceptors (Lipinski definition) is 7. The molecule has 1 saturated heterocycles. The molecule has 1 aliphatic rings. The fourth-order valence-electron chi connectivity index (χ4n) is 3.72. The number of anilines is 1. The summed E-state index contributed by atoms with van der Waals surface area (Å²) in [5.74, 6) is -0.0709. The van der Waals surface area contributed by atoms with E-state index in [-0.39, 0.29) is 18.6 Å². The van der Waals surface area contributed by atoms with Crippen LogP contribution in [0.25, 0.3) is 0 Å². The first-order valence-corrected chi connectivity index (χ1v) is 12.2. The highest BCUT2D eigenvalue weighted by Crippen LogP contribution is 2.19. The molecule has 2 heterocycles. The quantitative estimate of drug-likeness (QED) is 0.386. The van der Waals surface area contributed by atoms with Gasteiger partial charge in [0.2, 0.25) is 5.91 Å². The molecular formula is C24H33N5O3S. The molecule has 0 saturated carbocycles. The van der Waals surface area contributed by atoms with Crippen LogP contribution >= 0.6 is 11.3 Å². The minimum absolute atomic E-state index is 0.0538. The SMILES string of the molecule is C=CC(N)CCCC[C@H](NC(=O)OCc1ccccc1)C(=O)N1CCN(c2nccs2)CC1. The number of piperazine rings is 1. The van der Waals surface area contributed by atoms with Crippen molar-refractivity contribution in [1.82, 2.24) is 15.2 Å². The molecule has 0 aliphatic carbocycles. The van der Waals surface area contributed by atoms with Crippen molar-refractivity contribution in [3.05, 3.63) is 60.1 Å². The van der Waals surface area contributed by atoms with Crippen molar-refractivity contribution in [3.63, 3.8) is 0 Å². The maximum absolute atomic E-state index is 13.3. The van der Waals surface area contributed by atoms with Gasteiger partial charge in [-0.3, -0.25) is 4.79 Å². The zero-order valence-electron chi connectivity index (χ0n) is 18.9. The molecule has 1 unspecified atom stereocenters. The predicted molar refractivity (Wildman–Crippen MR) is 131 cm³/mol. The Balaban J connectivity index is 1.53. The molecule has 178 valence electrons. The maximum Gasteiger partial charge on any atom is 0.408 e. The summed E-state index contributed by atoms with van der Waals surface area (Å²) < 4.78 is 5.35. The van der Waals surface area contributed by atoms with Crippen LogP contribution in [0.3, 0.4) is 0 Å². The number of amides is 2. The summed E-state index contributed by atoms with van der Waals surface area (Å²) in [4.78, 5) is 34.1. The number of benzene rings is 1.